The third-order valence-corrected chi connectivity index (χ3v) is 4.04. The number of halogens is 1. The molecule has 0 atom stereocenters. The second-order valence-corrected chi connectivity index (χ2v) is 5.44. The molecule has 0 unspecified atom stereocenters. The Hall–Kier alpha value is -0.820. The quantitative estimate of drug-likeness (QED) is 0.757. The Morgan fingerprint density at radius 1 is 1.35 bits per heavy atom. The first-order chi connectivity index (χ1) is 8.01. The van der Waals surface area contributed by atoms with E-state index in [2.05, 4.69) is 10.0 Å². The Morgan fingerprint density at radius 3 is 2.65 bits per heavy atom. The predicted molar refractivity (Wildman–Crippen MR) is 67.1 cm³/mol. The molecule has 0 aliphatic rings. The zero-order chi connectivity index (χ0) is 12.9. The van der Waals surface area contributed by atoms with Crippen molar-refractivity contribution >= 4 is 21.6 Å². The van der Waals surface area contributed by atoms with E-state index < -0.39 is 10.0 Å². The van der Waals surface area contributed by atoms with Gasteiger partial charge < -0.3 is 10.1 Å². The Morgan fingerprint density at radius 2 is 2.06 bits per heavy atom. The maximum atomic E-state index is 11.9. The average molecular weight is 279 g/mol. The molecule has 0 saturated carbocycles. The third-order valence-electron chi connectivity index (χ3n) is 2.09. The number of sulfonamides is 1. The standard InChI is InChI=1S/C10H15ClN2O3S/c1-12-5-6-13-17(14,15)10-7-8(16-2)3-4-9(10)11/h3-4,7,12-13H,5-6H2,1-2H3. The number of methoxy groups -OCH3 is 1. The van der Waals surface area contributed by atoms with E-state index in [1.165, 1.54) is 19.2 Å². The molecule has 0 radical (unpaired) electrons. The van der Waals surface area contributed by atoms with Gasteiger partial charge in [-0.25, -0.2) is 13.1 Å². The highest BCUT2D eigenvalue weighted by Crippen LogP contribution is 2.25. The summed E-state index contributed by atoms with van der Waals surface area (Å²) >= 11 is 5.86. The summed E-state index contributed by atoms with van der Waals surface area (Å²) in [4.78, 5) is 0.0228. The van der Waals surface area contributed by atoms with Crippen LogP contribution in [0.15, 0.2) is 23.1 Å². The van der Waals surface area contributed by atoms with Gasteiger partial charge in [0.25, 0.3) is 0 Å². The van der Waals surface area contributed by atoms with E-state index in [4.69, 9.17) is 16.3 Å². The number of ether oxygens (including phenoxy) is 1. The fourth-order valence-electron chi connectivity index (χ4n) is 1.20. The summed E-state index contributed by atoms with van der Waals surface area (Å²) in [5.74, 6) is 0.448. The van der Waals surface area contributed by atoms with Crippen LogP contribution in [-0.4, -0.2) is 35.7 Å². The predicted octanol–water partition coefficient (Wildman–Crippen LogP) is 0.846. The van der Waals surface area contributed by atoms with Crippen molar-refractivity contribution in [2.75, 3.05) is 27.2 Å². The van der Waals surface area contributed by atoms with E-state index in [1.54, 1.807) is 13.1 Å². The van der Waals surface area contributed by atoms with Crippen LogP contribution in [0.1, 0.15) is 0 Å². The maximum absolute atomic E-state index is 11.9. The van der Waals surface area contributed by atoms with E-state index in [9.17, 15) is 8.42 Å². The summed E-state index contributed by atoms with van der Waals surface area (Å²) < 4.78 is 31.2. The van der Waals surface area contributed by atoms with E-state index in [-0.39, 0.29) is 9.92 Å². The van der Waals surface area contributed by atoms with Crippen LogP contribution >= 0.6 is 11.6 Å². The molecule has 0 aromatic heterocycles. The number of hydrogen-bond donors (Lipinski definition) is 2. The van der Waals surface area contributed by atoms with Crippen molar-refractivity contribution in [3.05, 3.63) is 23.2 Å². The molecule has 0 bridgehead atoms. The molecule has 5 nitrogen and oxygen atoms in total. The molecule has 1 aromatic rings. The van der Waals surface area contributed by atoms with Gasteiger partial charge in [0.15, 0.2) is 0 Å². The topological polar surface area (TPSA) is 67.4 Å². The molecule has 17 heavy (non-hydrogen) atoms. The van der Waals surface area contributed by atoms with Gasteiger partial charge in [0.1, 0.15) is 10.6 Å². The number of rotatable bonds is 6. The third kappa shape index (κ3) is 3.85. The van der Waals surface area contributed by atoms with Crippen molar-refractivity contribution in [3.63, 3.8) is 0 Å². The normalized spacial score (nSPS) is 11.5. The molecular weight excluding hydrogens is 264 g/mol. The Balaban J connectivity index is 2.97. The van der Waals surface area contributed by atoms with Gasteiger partial charge in [-0.1, -0.05) is 11.6 Å². The zero-order valence-electron chi connectivity index (χ0n) is 9.66. The van der Waals surface area contributed by atoms with Gasteiger partial charge in [-0.05, 0) is 19.2 Å². The van der Waals surface area contributed by atoms with E-state index in [0.717, 1.165) is 0 Å². The first kappa shape index (κ1) is 14.2. The largest absolute Gasteiger partial charge is 0.497 e. The Kier molecular flexibility index (Phi) is 5.20. The summed E-state index contributed by atoms with van der Waals surface area (Å²) in [6.45, 7) is 0.840. The van der Waals surface area contributed by atoms with Gasteiger partial charge in [0, 0.05) is 19.2 Å². The van der Waals surface area contributed by atoms with Crippen molar-refractivity contribution < 1.29 is 13.2 Å². The minimum Gasteiger partial charge on any atom is -0.497 e. The van der Waals surface area contributed by atoms with Crippen LogP contribution in [0.2, 0.25) is 5.02 Å². The molecule has 0 spiro atoms. The molecule has 0 heterocycles. The molecule has 0 aliphatic heterocycles. The van der Waals surface area contributed by atoms with Crippen molar-refractivity contribution in [3.8, 4) is 5.75 Å². The number of likely N-dealkylation sites (N-methyl/N-ethyl adjacent to an activating group) is 1. The molecule has 7 heteroatoms. The van der Waals surface area contributed by atoms with Crippen LogP contribution < -0.4 is 14.8 Å². The van der Waals surface area contributed by atoms with Crippen molar-refractivity contribution in [1.82, 2.24) is 10.0 Å². The smallest absolute Gasteiger partial charge is 0.242 e. The second-order valence-electron chi connectivity index (χ2n) is 3.30. The van der Waals surface area contributed by atoms with Gasteiger partial charge >= 0.3 is 0 Å². The van der Waals surface area contributed by atoms with Gasteiger partial charge in [-0.3, -0.25) is 0 Å². The lowest BCUT2D eigenvalue weighted by Crippen LogP contribution is -2.30. The Bertz CT molecular complexity index is 476. The fourth-order valence-corrected chi connectivity index (χ4v) is 2.75. The first-order valence-electron chi connectivity index (χ1n) is 4.99. The maximum Gasteiger partial charge on any atom is 0.242 e. The van der Waals surface area contributed by atoms with Gasteiger partial charge in [-0.2, -0.15) is 0 Å². The van der Waals surface area contributed by atoms with Crippen LogP contribution in [0, 0.1) is 0 Å². The molecule has 2 N–H and O–H groups in total. The Labute approximate surface area is 106 Å². The lowest BCUT2D eigenvalue weighted by Gasteiger charge is -2.09. The van der Waals surface area contributed by atoms with Crippen LogP contribution in [0.3, 0.4) is 0 Å². The molecule has 0 aliphatic carbocycles. The van der Waals surface area contributed by atoms with Crippen LogP contribution in [-0.2, 0) is 10.0 Å². The average Bonchev–Trinajstić information content (AvgIpc) is 2.29. The number of benzene rings is 1. The lowest BCUT2D eigenvalue weighted by molar-refractivity contribution is 0.413. The van der Waals surface area contributed by atoms with Gasteiger partial charge in [-0.15, -0.1) is 0 Å². The number of nitrogens with one attached hydrogen (secondary N) is 2. The fraction of sp³-hybridized carbons (Fsp3) is 0.400. The van der Waals surface area contributed by atoms with Crippen LogP contribution in [0.4, 0.5) is 0 Å². The SMILES string of the molecule is CNCCNS(=O)(=O)c1cc(OC)ccc1Cl. The molecule has 0 amide bonds. The first-order valence-corrected chi connectivity index (χ1v) is 6.85. The van der Waals surface area contributed by atoms with E-state index in [1.807, 2.05) is 0 Å². The zero-order valence-corrected chi connectivity index (χ0v) is 11.2. The summed E-state index contributed by atoms with van der Waals surface area (Å²) in [5.41, 5.74) is 0. The molecule has 0 fully saturated rings. The van der Waals surface area contributed by atoms with Crippen molar-refractivity contribution in [2.24, 2.45) is 0 Å². The molecule has 1 aromatic carbocycles. The number of hydrogen-bond acceptors (Lipinski definition) is 4. The van der Waals surface area contributed by atoms with Gasteiger partial charge in [0.05, 0.1) is 12.1 Å². The van der Waals surface area contributed by atoms with Gasteiger partial charge in [0.2, 0.25) is 10.0 Å². The van der Waals surface area contributed by atoms with Crippen molar-refractivity contribution in [2.45, 2.75) is 4.90 Å². The van der Waals surface area contributed by atoms with Crippen LogP contribution in [0.25, 0.3) is 0 Å². The van der Waals surface area contributed by atoms with E-state index in [0.29, 0.717) is 18.8 Å². The molecular formula is C10H15ClN2O3S. The highest BCUT2D eigenvalue weighted by Gasteiger charge is 2.18. The molecule has 1 rings (SSSR count). The summed E-state index contributed by atoms with van der Waals surface area (Å²) in [5, 5.41) is 3.01. The van der Waals surface area contributed by atoms with Crippen molar-refractivity contribution in [1.29, 1.82) is 0 Å². The summed E-state index contributed by atoms with van der Waals surface area (Å²) in [6.07, 6.45) is 0. The monoisotopic (exact) mass is 278 g/mol. The molecule has 96 valence electrons. The second kappa shape index (κ2) is 6.20. The minimum atomic E-state index is -3.60. The molecule has 0 saturated heterocycles. The minimum absolute atomic E-state index is 0.0228. The lowest BCUT2D eigenvalue weighted by atomic mass is 10.3. The highest BCUT2D eigenvalue weighted by molar-refractivity contribution is 7.89. The highest BCUT2D eigenvalue weighted by atomic mass is 35.5. The van der Waals surface area contributed by atoms with Crippen LogP contribution in [0.5, 0.6) is 5.75 Å². The summed E-state index contributed by atoms with van der Waals surface area (Å²) in [7, 11) is -0.389. The summed E-state index contributed by atoms with van der Waals surface area (Å²) in [6, 6.07) is 4.49. The van der Waals surface area contributed by atoms with E-state index >= 15 is 0 Å².